The molecule has 1 aliphatic rings. The van der Waals surface area contributed by atoms with Crippen LogP contribution < -0.4 is 5.32 Å². The van der Waals surface area contributed by atoms with Crippen LogP contribution in [0.15, 0.2) is 18.2 Å². The van der Waals surface area contributed by atoms with Crippen LogP contribution >= 0.6 is 0 Å². The van der Waals surface area contributed by atoms with Crippen molar-refractivity contribution in [2.75, 3.05) is 20.1 Å². The van der Waals surface area contributed by atoms with Crippen molar-refractivity contribution >= 4 is 0 Å². The van der Waals surface area contributed by atoms with Crippen LogP contribution in [0.1, 0.15) is 55.8 Å². The second kappa shape index (κ2) is 7.42. The summed E-state index contributed by atoms with van der Waals surface area (Å²) >= 11 is 0. The van der Waals surface area contributed by atoms with Crippen molar-refractivity contribution in [3.8, 4) is 0 Å². The lowest BCUT2D eigenvalue weighted by molar-refractivity contribution is 0.118. The van der Waals surface area contributed by atoms with Gasteiger partial charge in [-0.25, -0.2) is 0 Å². The van der Waals surface area contributed by atoms with E-state index in [9.17, 15) is 0 Å². The minimum absolute atomic E-state index is 0.555. The minimum Gasteiger partial charge on any atom is -0.319 e. The summed E-state index contributed by atoms with van der Waals surface area (Å²) < 4.78 is 0. The molecule has 1 saturated heterocycles. The molecule has 2 heteroatoms. The Balaban J connectivity index is 2.39. The Morgan fingerprint density at radius 1 is 1.19 bits per heavy atom. The Hall–Kier alpha value is -0.860. The molecule has 0 spiro atoms. The van der Waals surface area contributed by atoms with Gasteiger partial charge >= 0.3 is 0 Å². The first kappa shape index (κ1) is 16.5. The standard InChI is InChI=1S/C19H32N2/c1-14(2)21-11-7-6-8-18(13-20-5)19(21)17-10-9-15(3)16(4)12-17/h9-10,12,14,18-20H,6-8,11,13H2,1-5H3. The van der Waals surface area contributed by atoms with Crippen LogP contribution in [0.2, 0.25) is 0 Å². The van der Waals surface area contributed by atoms with Gasteiger partial charge in [0.25, 0.3) is 0 Å². The molecule has 1 fully saturated rings. The van der Waals surface area contributed by atoms with E-state index in [0.717, 1.165) is 6.54 Å². The summed E-state index contributed by atoms with van der Waals surface area (Å²) in [6, 6.07) is 8.23. The summed E-state index contributed by atoms with van der Waals surface area (Å²) in [6.07, 6.45) is 4.03. The molecule has 0 aliphatic carbocycles. The van der Waals surface area contributed by atoms with Gasteiger partial charge in [0, 0.05) is 12.1 Å². The molecule has 2 unspecified atom stereocenters. The predicted octanol–water partition coefficient (Wildman–Crippen LogP) is 4.07. The fourth-order valence-corrected chi connectivity index (χ4v) is 3.74. The molecular formula is C19H32N2. The van der Waals surface area contributed by atoms with E-state index in [1.54, 1.807) is 0 Å². The maximum atomic E-state index is 3.42. The zero-order valence-corrected chi connectivity index (χ0v) is 14.4. The molecule has 0 amide bonds. The van der Waals surface area contributed by atoms with Crippen molar-refractivity contribution < 1.29 is 0 Å². The third-order valence-corrected chi connectivity index (χ3v) is 5.05. The largest absolute Gasteiger partial charge is 0.319 e. The van der Waals surface area contributed by atoms with E-state index in [4.69, 9.17) is 0 Å². The highest BCUT2D eigenvalue weighted by Crippen LogP contribution is 2.36. The highest BCUT2D eigenvalue weighted by Gasteiger charge is 2.32. The van der Waals surface area contributed by atoms with Gasteiger partial charge in [-0.1, -0.05) is 24.6 Å². The lowest BCUT2D eigenvalue weighted by atomic mass is 9.87. The normalized spacial score (nSPS) is 24.3. The van der Waals surface area contributed by atoms with Crippen LogP contribution in [0.3, 0.4) is 0 Å². The van der Waals surface area contributed by atoms with Gasteiger partial charge in [-0.05, 0) is 83.3 Å². The van der Waals surface area contributed by atoms with Gasteiger partial charge in [-0.3, -0.25) is 4.90 Å². The minimum atomic E-state index is 0.555. The summed E-state index contributed by atoms with van der Waals surface area (Å²) in [7, 11) is 2.09. The third kappa shape index (κ3) is 3.87. The van der Waals surface area contributed by atoms with Crippen LogP contribution in [0.25, 0.3) is 0 Å². The summed E-state index contributed by atoms with van der Waals surface area (Å²) in [5.41, 5.74) is 4.33. The number of hydrogen-bond donors (Lipinski definition) is 1. The number of benzene rings is 1. The van der Waals surface area contributed by atoms with Gasteiger partial charge in [0.2, 0.25) is 0 Å². The maximum absolute atomic E-state index is 3.42. The van der Waals surface area contributed by atoms with Crippen LogP contribution in [-0.4, -0.2) is 31.1 Å². The number of nitrogens with zero attached hydrogens (tertiary/aromatic N) is 1. The number of hydrogen-bond acceptors (Lipinski definition) is 2. The van der Waals surface area contributed by atoms with Crippen LogP contribution in [0.4, 0.5) is 0 Å². The van der Waals surface area contributed by atoms with E-state index < -0.39 is 0 Å². The lowest BCUT2D eigenvalue weighted by Crippen LogP contribution is -2.40. The molecule has 1 aliphatic heterocycles. The van der Waals surface area contributed by atoms with Gasteiger partial charge in [-0.2, -0.15) is 0 Å². The van der Waals surface area contributed by atoms with Crippen molar-refractivity contribution in [3.63, 3.8) is 0 Å². The van der Waals surface area contributed by atoms with Crippen molar-refractivity contribution in [2.24, 2.45) is 5.92 Å². The predicted molar refractivity (Wildman–Crippen MR) is 91.8 cm³/mol. The first-order chi connectivity index (χ1) is 10.0. The lowest BCUT2D eigenvalue weighted by Gasteiger charge is -2.38. The Labute approximate surface area is 130 Å². The summed E-state index contributed by atoms with van der Waals surface area (Å²) in [4.78, 5) is 2.72. The van der Waals surface area contributed by atoms with Crippen LogP contribution in [0.5, 0.6) is 0 Å². The average Bonchev–Trinajstić information content (AvgIpc) is 2.65. The Bertz CT molecular complexity index is 453. The zero-order chi connectivity index (χ0) is 15.4. The molecule has 2 nitrogen and oxygen atoms in total. The fourth-order valence-electron chi connectivity index (χ4n) is 3.74. The van der Waals surface area contributed by atoms with Crippen LogP contribution in [0, 0.1) is 19.8 Å². The number of likely N-dealkylation sites (tertiary alicyclic amines) is 1. The number of rotatable bonds is 4. The fraction of sp³-hybridized carbons (Fsp3) is 0.684. The molecular weight excluding hydrogens is 256 g/mol. The monoisotopic (exact) mass is 288 g/mol. The molecule has 0 radical (unpaired) electrons. The second-order valence-electron chi connectivity index (χ2n) is 6.93. The molecule has 2 atom stereocenters. The molecule has 1 aromatic carbocycles. The quantitative estimate of drug-likeness (QED) is 0.898. The molecule has 0 aromatic heterocycles. The van der Waals surface area contributed by atoms with E-state index >= 15 is 0 Å². The second-order valence-corrected chi connectivity index (χ2v) is 6.93. The topological polar surface area (TPSA) is 15.3 Å². The van der Waals surface area contributed by atoms with Crippen LogP contribution in [-0.2, 0) is 0 Å². The Morgan fingerprint density at radius 3 is 2.57 bits per heavy atom. The van der Waals surface area contributed by atoms with Crippen molar-refractivity contribution in [2.45, 2.75) is 59.0 Å². The first-order valence-corrected chi connectivity index (χ1v) is 8.52. The molecule has 1 aromatic rings. The SMILES string of the molecule is CNCC1CCCCN(C(C)C)C1c1ccc(C)c(C)c1. The number of aryl methyl sites for hydroxylation is 2. The van der Waals surface area contributed by atoms with E-state index in [-0.39, 0.29) is 0 Å². The molecule has 1 heterocycles. The average molecular weight is 288 g/mol. The smallest absolute Gasteiger partial charge is 0.0391 e. The van der Waals surface area contributed by atoms with Gasteiger partial charge in [0.1, 0.15) is 0 Å². The van der Waals surface area contributed by atoms with E-state index in [1.165, 1.54) is 42.5 Å². The van der Waals surface area contributed by atoms with Crippen molar-refractivity contribution in [3.05, 3.63) is 34.9 Å². The summed E-state index contributed by atoms with van der Waals surface area (Å²) in [6.45, 7) is 11.5. The zero-order valence-electron chi connectivity index (χ0n) is 14.4. The molecule has 0 bridgehead atoms. The van der Waals surface area contributed by atoms with Crippen molar-refractivity contribution in [1.29, 1.82) is 0 Å². The first-order valence-electron chi connectivity index (χ1n) is 8.52. The van der Waals surface area contributed by atoms with E-state index in [1.807, 2.05) is 0 Å². The van der Waals surface area contributed by atoms with Gasteiger partial charge in [-0.15, -0.1) is 0 Å². The van der Waals surface area contributed by atoms with Gasteiger partial charge in [0.15, 0.2) is 0 Å². The Morgan fingerprint density at radius 2 is 1.95 bits per heavy atom. The molecule has 2 rings (SSSR count). The highest BCUT2D eigenvalue weighted by molar-refractivity contribution is 5.32. The van der Waals surface area contributed by atoms with E-state index in [2.05, 4.69) is 63.2 Å². The third-order valence-electron chi connectivity index (χ3n) is 5.05. The van der Waals surface area contributed by atoms with Crippen molar-refractivity contribution in [1.82, 2.24) is 10.2 Å². The van der Waals surface area contributed by atoms with E-state index in [0.29, 0.717) is 18.0 Å². The molecule has 0 saturated carbocycles. The number of nitrogens with one attached hydrogen (secondary N) is 1. The Kier molecular flexibility index (Phi) is 5.83. The molecule has 1 N–H and O–H groups in total. The molecule has 21 heavy (non-hydrogen) atoms. The van der Waals surface area contributed by atoms with Gasteiger partial charge < -0.3 is 5.32 Å². The maximum Gasteiger partial charge on any atom is 0.0391 e. The summed E-state index contributed by atoms with van der Waals surface area (Å²) in [5, 5.41) is 3.42. The molecule has 118 valence electrons. The summed E-state index contributed by atoms with van der Waals surface area (Å²) in [5.74, 6) is 0.710. The highest BCUT2D eigenvalue weighted by atomic mass is 15.2. The van der Waals surface area contributed by atoms with Gasteiger partial charge in [0.05, 0.1) is 0 Å².